The number of aryl methyl sites for hydroxylation is 1. The molecule has 0 bridgehead atoms. The molecular formula is C21H23ClN4O. The van der Waals surface area contributed by atoms with Gasteiger partial charge in [-0.1, -0.05) is 35.9 Å². The minimum atomic E-state index is 0.00291. The third kappa shape index (κ3) is 3.45. The zero-order chi connectivity index (χ0) is 19.0. The van der Waals surface area contributed by atoms with Crippen LogP contribution in [0.25, 0.3) is 5.65 Å². The van der Waals surface area contributed by atoms with Crippen LogP contribution in [-0.2, 0) is 0 Å². The van der Waals surface area contributed by atoms with Gasteiger partial charge in [-0.05, 0) is 37.6 Å². The first-order chi connectivity index (χ1) is 13.0. The Kier molecular flexibility index (Phi) is 4.89. The molecule has 3 heterocycles. The first-order valence-corrected chi connectivity index (χ1v) is 9.65. The fourth-order valence-electron chi connectivity index (χ4n) is 3.74. The number of pyridine rings is 1. The SMILES string of the molecule is Cc1cccc2nc(C(=O)N3CCN(C(C)c4ccccc4Cl)CC3)cn12. The molecule has 27 heavy (non-hydrogen) atoms. The van der Waals surface area contributed by atoms with Gasteiger partial charge in [0.15, 0.2) is 0 Å². The summed E-state index contributed by atoms with van der Waals surface area (Å²) in [6.07, 6.45) is 1.84. The minimum absolute atomic E-state index is 0.00291. The number of fused-ring (bicyclic) bond motifs is 1. The van der Waals surface area contributed by atoms with Crippen LogP contribution in [0.1, 0.15) is 34.7 Å². The standard InChI is InChI=1S/C21H23ClN4O/c1-15-6-5-9-20-23-19(14-26(15)20)21(27)25-12-10-24(11-13-25)16(2)17-7-3-4-8-18(17)22/h3-9,14,16H,10-13H2,1-2H3. The van der Waals surface area contributed by atoms with E-state index in [1.807, 2.05) is 58.8 Å². The quantitative estimate of drug-likeness (QED) is 0.691. The van der Waals surface area contributed by atoms with Crippen molar-refractivity contribution in [2.75, 3.05) is 26.2 Å². The molecule has 0 spiro atoms. The first kappa shape index (κ1) is 18.0. The van der Waals surface area contributed by atoms with Gasteiger partial charge in [-0.2, -0.15) is 0 Å². The van der Waals surface area contributed by atoms with Gasteiger partial charge in [0.05, 0.1) is 0 Å². The second kappa shape index (κ2) is 7.33. The lowest BCUT2D eigenvalue weighted by molar-refractivity contribution is 0.0577. The molecule has 0 N–H and O–H groups in total. The van der Waals surface area contributed by atoms with Crippen molar-refractivity contribution in [3.63, 3.8) is 0 Å². The van der Waals surface area contributed by atoms with Gasteiger partial charge >= 0.3 is 0 Å². The number of carbonyl (C=O) groups is 1. The molecule has 2 aromatic heterocycles. The zero-order valence-electron chi connectivity index (χ0n) is 15.6. The molecule has 1 aliphatic heterocycles. The average Bonchev–Trinajstić information content (AvgIpc) is 3.13. The van der Waals surface area contributed by atoms with Crippen molar-refractivity contribution in [1.82, 2.24) is 19.2 Å². The molecular weight excluding hydrogens is 360 g/mol. The number of nitrogens with zero attached hydrogens (tertiary/aromatic N) is 4. The lowest BCUT2D eigenvalue weighted by Crippen LogP contribution is -2.49. The maximum Gasteiger partial charge on any atom is 0.274 e. The van der Waals surface area contributed by atoms with Crippen LogP contribution in [0.3, 0.4) is 0 Å². The van der Waals surface area contributed by atoms with E-state index in [1.54, 1.807) is 0 Å². The maximum atomic E-state index is 12.9. The lowest BCUT2D eigenvalue weighted by atomic mass is 10.1. The highest BCUT2D eigenvalue weighted by Gasteiger charge is 2.27. The number of imidazole rings is 1. The van der Waals surface area contributed by atoms with Crippen LogP contribution in [0.15, 0.2) is 48.7 Å². The molecule has 1 unspecified atom stereocenters. The molecule has 1 aliphatic rings. The summed E-state index contributed by atoms with van der Waals surface area (Å²) in [4.78, 5) is 21.7. The molecule has 1 amide bonds. The number of amides is 1. The summed E-state index contributed by atoms with van der Waals surface area (Å²) >= 11 is 6.35. The fourth-order valence-corrected chi connectivity index (χ4v) is 4.03. The van der Waals surface area contributed by atoms with E-state index in [1.165, 1.54) is 0 Å². The summed E-state index contributed by atoms with van der Waals surface area (Å²) in [5.74, 6) is 0.00291. The van der Waals surface area contributed by atoms with Gasteiger partial charge in [-0.3, -0.25) is 9.69 Å². The second-order valence-corrected chi connectivity index (χ2v) is 7.45. The van der Waals surface area contributed by atoms with Gasteiger partial charge in [-0.15, -0.1) is 0 Å². The van der Waals surface area contributed by atoms with E-state index < -0.39 is 0 Å². The molecule has 1 fully saturated rings. The van der Waals surface area contributed by atoms with Crippen LogP contribution in [0, 0.1) is 6.92 Å². The molecule has 1 saturated heterocycles. The van der Waals surface area contributed by atoms with E-state index in [0.717, 1.165) is 35.0 Å². The summed E-state index contributed by atoms with van der Waals surface area (Å²) in [5, 5.41) is 0.795. The molecule has 1 aromatic carbocycles. The molecule has 0 radical (unpaired) electrons. The van der Waals surface area contributed by atoms with Crippen molar-refractivity contribution in [3.8, 4) is 0 Å². The van der Waals surface area contributed by atoms with E-state index in [0.29, 0.717) is 18.8 Å². The molecule has 3 aromatic rings. The Morgan fingerprint density at radius 3 is 2.52 bits per heavy atom. The monoisotopic (exact) mass is 382 g/mol. The molecule has 140 valence electrons. The fraction of sp³-hybridized carbons (Fsp3) is 0.333. The van der Waals surface area contributed by atoms with Gasteiger partial charge in [-0.25, -0.2) is 4.98 Å². The van der Waals surface area contributed by atoms with Crippen LogP contribution in [0.2, 0.25) is 5.02 Å². The number of piperazine rings is 1. The van der Waals surface area contributed by atoms with E-state index in [2.05, 4.69) is 22.9 Å². The van der Waals surface area contributed by atoms with Crippen molar-refractivity contribution >= 4 is 23.2 Å². The summed E-state index contributed by atoms with van der Waals surface area (Å²) in [6, 6.07) is 14.1. The normalized spacial score (nSPS) is 16.6. The first-order valence-electron chi connectivity index (χ1n) is 9.27. The Morgan fingerprint density at radius 1 is 1.07 bits per heavy atom. The summed E-state index contributed by atoms with van der Waals surface area (Å²) < 4.78 is 1.96. The minimum Gasteiger partial charge on any atom is -0.335 e. The molecule has 0 aliphatic carbocycles. The number of aromatic nitrogens is 2. The topological polar surface area (TPSA) is 40.9 Å². The van der Waals surface area contributed by atoms with E-state index in [-0.39, 0.29) is 11.9 Å². The van der Waals surface area contributed by atoms with Crippen LogP contribution < -0.4 is 0 Å². The van der Waals surface area contributed by atoms with E-state index in [4.69, 9.17) is 11.6 Å². The summed E-state index contributed by atoms with van der Waals surface area (Å²) in [5.41, 5.74) is 3.52. The third-order valence-electron chi connectivity index (χ3n) is 5.42. The molecule has 6 heteroatoms. The van der Waals surface area contributed by atoms with E-state index in [9.17, 15) is 4.79 Å². The van der Waals surface area contributed by atoms with Crippen molar-refractivity contribution in [3.05, 3.63) is 70.6 Å². The smallest absolute Gasteiger partial charge is 0.274 e. The van der Waals surface area contributed by atoms with Gasteiger partial charge in [0.1, 0.15) is 11.3 Å². The number of hydrogen-bond donors (Lipinski definition) is 0. The third-order valence-corrected chi connectivity index (χ3v) is 5.76. The number of rotatable bonds is 3. The predicted octanol–water partition coefficient (Wildman–Crippen LogP) is 3.82. The molecule has 5 nitrogen and oxygen atoms in total. The Bertz CT molecular complexity index is 975. The Morgan fingerprint density at radius 2 is 1.81 bits per heavy atom. The largest absolute Gasteiger partial charge is 0.335 e. The Balaban J connectivity index is 1.44. The predicted molar refractivity (Wildman–Crippen MR) is 107 cm³/mol. The van der Waals surface area contributed by atoms with Gasteiger partial charge in [0, 0.05) is 49.1 Å². The lowest BCUT2D eigenvalue weighted by Gasteiger charge is -2.38. The van der Waals surface area contributed by atoms with Crippen LogP contribution >= 0.6 is 11.6 Å². The maximum absolute atomic E-state index is 12.9. The highest BCUT2D eigenvalue weighted by atomic mass is 35.5. The van der Waals surface area contributed by atoms with Gasteiger partial charge in [0.2, 0.25) is 0 Å². The Labute approximate surface area is 164 Å². The molecule has 4 rings (SSSR count). The number of benzene rings is 1. The van der Waals surface area contributed by atoms with Crippen molar-refractivity contribution in [1.29, 1.82) is 0 Å². The second-order valence-electron chi connectivity index (χ2n) is 7.05. The summed E-state index contributed by atoms with van der Waals surface area (Å²) in [6.45, 7) is 7.22. The average molecular weight is 383 g/mol. The number of hydrogen-bond acceptors (Lipinski definition) is 3. The molecule has 0 saturated carbocycles. The molecule has 1 atom stereocenters. The number of carbonyl (C=O) groups excluding carboxylic acids is 1. The van der Waals surface area contributed by atoms with Gasteiger partial charge < -0.3 is 9.30 Å². The van der Waals surface area contributed by atoms with Crippen LogP contribution in [-0.4, -0.2) is 51.3 Å². The van der Waals surface area contributed by atoms with Crippen LogP contribution in [0.5, 0.6) is 0 Å². The highest BCUT2D eigenvalue weighted by Crippen LogP contribution is 2.28. The van der Waals surface area contributed by atoms with Crippen molar-refractivity contribution < 1.29 is 4.79 Å². The number of halogens is 1. The Hall–Kier alpha value is -2.37. The van der Waals surface area contributed by atoms with Gasteiger partial charge in [0.25, 0.3) is 5.91 Å². The van der Waals surface area contributed by atoms with Crippen molar-refractivity contribution in [2.24, 2.45) is 0 Å². The highest BCUT2D eigenvalue weighted by molar-refractivity contribution is 6.31. The zero-order valence-corrected chi connectivity index (χ0v) is 16.4. The van der Waals surface area contributed by atoms with Crippen molar-refractivity contribution in [2.45, 2.75) is 19.9 Å². The van der Waals surface area contributed by atoms with E-state index >= 15 is 0 Å². The summed E-state index contributed by atoms with van der Waals surface area (Å²) in [7, 11) is 0. The van der Waals surface area contributed by atoms with Crippen LogP contribution in [0.4, 0.5) is 0 Å².